The average molecular weight is 693 g/mol. The van der Waals surface area contributed by atoms with Crippen molar-refractivity contribution >= 4 is 50.7 Å². The van der Waals surface area contributed by atoms with Crippen LogP contribution in [0.3, 0.4) is 0 Å². The van der Waals surface area contributed by atoms with Gasteiger partial charge in [-0.3, -0.25) is 13.9 Å². The highest BCUT2D eigenvalue weighted by Crippen LogP contribution is 2.32. The second-order valence-corrected chi connectivity index (χ2v) is 14.5. The van der Waals surface area contributed by atoms with Gasteiger partial charge in [0, 0.05) is 29.1 Å². The van der Waals surface area contributed by atoms with Gasteiger partial charge in [-0.1, -0.05) is 115 Å². The van der Waals surface area contributed by atoms with E-state index in [9.17, 15) is 18.0 Å². The van der Waals surface area contributed by atoms with Crippen LogP contribution in [-0.4, -0.2) is 43.8 Å². The first-order valence-electron chi connectivity index (χ1n) is 15.8. The molecule has 0 aliphatic heterocycles. The summed E-state index contributed by atoms with van der Waals surface area (Å²) in [4.78, 5) is 30.4. The van der Waals surface area contributed by atoms with E-state index in [4.69, 9.17) is 23.2 Å². The fourth-order valence-electron chi connectivity index (χ4n) is 6.01. The van der Waals surface area contributed by atoms with Crippen molar-refractivity contribution in [1.82, 2.24) is 10.2 Å². The van der Waals surface area contributed by atoms with Gasteiger partial charge in [0.25, 0.3) is 10.0 Å². The van der Waals surface area contributed by atoms with Crippen LogP contribution in [0.2, 0.25) is 10.0 Å². The summed E-state index contributed by atoms with van der Waals surface area (Å²) < 4.78 is 29.6. The summed E-state index contributed by atoms with van der Waals surface area (Å²) in [6, 6.07) is 28.7. The standard InChI is InChI=1S/C37H39Cl2N3O4S/c1-27-32(38)22-13-23-34(27)42(47(45,46)31-19-9-4-10-20-31)26-36(43)41(25-29-16-11-12-21-33(29)39)35(24-28-14-5-2-6-15-28)37(44)40-30-17-7-3-8-18-30/h2,4-6,9-16,19-23,30,35H,3,7-8,17-18,24-26H2,1H3,(H,40,44)/t35-/m1/s1. The van der Waals surface area contributed by atoms with Crippen molar-refractivity contribution in [1.29, 1.82) is 0 Å². The number of rotatable bonds is 12. The van der Waals surface area contributed by atoms with E-state index in [-0.39, 0.29) is 35.5 Å². The lowest BCUT2D eigenvalue weighted by molar-refractivity contribution is -0.140. The van der Waals surface area contributed by atoms with Crippen LogP contribution in [0.15, 0.2) is 108 Å². The molecule has 0 saturated heterocycles. The number of sulfonamides is 1. The van der Waals surface area contributed by atoms with Crippen molar-refractivity contribution < 1.29 is 18.0 Å². The fourth-order valence-corrected chi connectivity index (χ4v) is 7.87. The van der Waals surface area contributed by atoms with Crippen molar-refractivity contribution in [2.45, 2.75) is 69.0 Å². The molecule has 0 spiro atoms. The highest BCUT2D eigenvalue weighted by molar-refractivity contribution is 7.92. The van der Waals surface area contributed by atoms with E-state index in [2.05, 4.69) is 5.32 Å². The Morgan fingerprint density at radius 3 is 2.11 bits per heavy atom. The van der Waals surface area contributed by atoms with Crippen LogP contribution in [0.25, 0.3) is 0 Å². The molecule has 1 fully saturated rings. The van der Waals surface area contributed by atoms with Crippen LogP contribution in [0.5, 0.6) is 0 Å². The van der Waals surface area contributed by atoms with Gasteiger partial charge in [-0.2, -0.15) is 0 Å². The summed E-state index contributed by atoms with van der Waals surface area (Å²) in [6.07, 6.45) is 5.17. The van der Waals surface area contributed by atoms with Crippen LogP contribution >= 0.6 is 23.2 Å². The molecule has 7 nitrogen and oxygen atoms in total. The minimum atomic E-state index is -4.23. The number of nitrogens with one attached hydrogen (secondary N) is 1. The quantitative estimate of drug-likeness (QED) is 0.166. The Morgan fingerprint density at radius 1 is 0.809 bits per heavy atom. The van der Waals surface area contributed by atoms with Gasteiger partial charge in [-0.15, -0.1) is 0 Å². The summed E-state index contributed by atoms with van der Waals surface area (Å²) in [6.45, 7) is 1.15. The largest absolute Gasteiger partial charge is 0.352 e. The lowest BCUT2D eigenvalue weighted by Crippen LogP contribution is -2.55. The number of hydrogen-bond acceptors (Lipinski definition) is 4. The van der Waals surface area contributed by atoms with E-state index in [0.29, 0.717) is 21.2 Å². The zero-order chi connectivity index (χ0) is 33.4. The Hall–Kier alpha value is -3.85. The predicted molar refractivity (Wildman–Crippen MR) is 188 cm³/mol. The molecule has 4 aromatic rings. The maximum atomic E-state index is 14.7. The number of benzene rings is 4. The van der Waals surface area contributed by atoms with E-state index in [1.54, 1.807) is 61.5 Å². The molecule has 0 unspecified atom stereocenters. The first-order chi connectivity index (χ1) is 22.6. The molecule has 1 aliphatic carbocycles. The van der Waals surface area contributed by atoms with Crippen molar-refractivity contribution in [3.05, 3.63) is 130 Å². The number of amides is 2. The van der Waals surface area contributed by atoms with Gasteiger partial charge in [-0.25, -0.2) is 8.42 Å². The number of carbonyl (C=O) groups excluding carboxylic acids is 2. The summed E-state index contributed by atoms with van der Waals surface area (Å²) in [7, 11) is -4.23. The Kier molecular flexibility index (Phi) is 11.6. The van der Waals surface area contributed by atoms with Crippen LogP contribution in [-0.2, 0) is 32.6 Å². The lowest BCUT2D eigenvalue weighted by atomic mass is 9.94. The van der Waals surface area contributed by atoms with E-state index in [0.717, 1.165) is 42.0 Å². The average Bonchev–Trinajstić information content (AvgIpc) is 3.08. The fraction of sp³-hybridized carbons (Fsp3) is 0.297. The second-order valence-electron chi connectivity index (χ2n) is 11.9. The SMILES string of the molecule is Cc1c(Cl)cccc1N(CC(=O)N(Cc1ccccc1Cl)[C@H](Cc1ccccc1)C(=O)NC1CCCCC1)S(=O)(=O)c1ccccc1. The third-order valence-corrected chi connectivity index (χ3v) is 11.2. The number of carbonyl (C=O) groups is 2. The van der Waals surface area contributed by atoms with Gasteiger partial charge in [-0.05, 0) is 66.8 Å². The third-order valence-electron chi connectivity index (χ3n) is 8.64. The lowest BCUT2D eigenvalue weighted by Gasteiger charge is -2.35. The highest BCUT2D eigenvalue weighted by Gasteiger charge is 2.36. The van der Waals surface area contributed by atoms with Crippen molar-refractivity contribution in [2.75, 3.05) is 10.8 Å². The molecule has 1 atom stereocenters. The Morgan fingerprint density at radius 2 is 1.43 bits per heavy atom. The molecular weight excluding hydrogens is 653 g/mol. The van der Waals surface area contributed by atoms with Crippen LogP contribution < -0.4 is 9.62 Å². The number of nitrogens with zero attached hydrogens (tertiary/aromatic N) is 2. The van der Waals surface area contributed by atoms with Crippen molar-refractivity contribution in [2.24, 2.45) is 0 Å². The summed E-state index contributed by atoms with van der Waals surface area (Å²) in [5, 5.41) is 4.02. The van der Waals surface area contributed by atoms with Crippen molar-refractivity contribution in [3.63, 3.8) is 0 Å². The van der Waals surface area contributed by atoms with Gasteiger partial charge < -0.3 is 10.2 Å². The van der Waals surface area contributed by atoms with Crippen LogP contribution in [0.1, 0.15) is 48.8 Å². The summed E-state index contributed by atoms with van der Waals surface area (Å²) in [5.41, 5.74) is 2.30. The topological polar surface area (TPSA) is 86.8 Å². The third kappa shape index (κ3) is 8.55. The molecule has 1 aliphatic rings. The molecule has 10 heteroatoms. The van der Waals surface area contributed by atoms with E-state index in [1.807, 2.05) is 36.4 Å². The molecule has 5 rings (SSSR count). The van der Waals surface area contributed by atoms with Gasteiger partial charge in [0.2, 0.25) is 11.8 Å². The van der Waals surface area contributed by atoms with E-state index in [1.165, 1.54) is 17.0 Å². The van der Waals surface area contributed by atoms with Crippen LogP contribution in [0.4, 0.5) is 5.69 Å². The van der Waals surface area contributed by atoms with Gasteiger partial charge in [0.05, 0.1) is 10.6 Å². The molecule has 47 heavy (non-hydrogen) atoms. The van der Waals surface area contributed by atoms with Gasteiger partial charge >= 0.3 is 0 Å². The normalized spacial score (nSPS) is 14.3. The minimum Gasteiger partial charge on any atom is -0.352 e. The van der Waals surface area contributed by atoms with E-state index >= 15 is 0 Å². The Balaban J connectivity index is 1.59. The summed E-state index contributed by atoms with van der Waals surface area (Å²) in [5.74, 6) is -0.832. The van der Waals surface area contributed by atoms with Gasteiger partial charge in [0.1, 0.15) is 12.6 Å². The molecular formula is C37H39Cl2N3O4S. The molecule has 4 aromatic carbocycles. The molecule has 0 radical (unpaired) electrons. The number of halogens is 2. The van der Waals surface area contributed by atoms with Gasteiger partial charge in [0.15, 0.2) is 0 Å². The molecule has 1 N–H and O–H groups in total. The molecule has 2 amide bonds. The zero-order valence-electron chi connectivity index (χ0n) is 26.3. The van der Waals surface area contributed by atoms with Crippen molar-refractivity contribution in [3.8, 4) is 0 Å². The minimum absolute atomic E-state index is 0.00183. The molecule has 0 bridgehead atoms. The molecule has 1 saturated carbocycles. The first kappa shape index (κ1) is 34.5. The smallest absolute Gasteiger partial charge is 0.264 e. The highest BCUT2D eigenvalue weighted by atomic mass is 35.5. The zero-order valence-corrected chi connectivity index (χ0v) is 28.6. The first-order valence-corrected chi connectivity index (χ1v) is 18.0. The monoisotopic (exact) mass is 691 g/mol. The summed E-state index contributed by atoms with van der Waals surface area (Å²) >= 11 is 13.1. The van der Waals surface area contributed by atoms with Crippen LogP contribution in [0, 0.1) is 6.92 Å². The predicted octanol–water partition coefficient (Wildman–Crippen LogP) is 7.59. The number of anilines is 1. The molecule has 246 valence electrons. The maximum Gasteiger partial charge on any atom is 0.264 e. The molecule has 0 aromatic heterocycles. The molecule has 0 heterocycles. The van der Waals surface area contributed by atoms with E-state index < -0.39 is 28.5 Å². The second kappa shape index (κ2) is 15.8. The Bertz CT molecular complexity index is 1780. The Labute approximate surface area is 287 Å². The maximum absolute atomic E-state index is 14.7. The number of hydrogen-bond donors (Lipinski definition) is 1.